The molecule has 8 nitrogen and oxygen atoms in total. The zero-order valence-corrected chi connectivity index (χ0v) is 20.9. The number of amides is 1. The molecule has 1 heterocycles. The van der Waals surface area contributed by atoms with E-state index in [9.17, 15) is 9.59 Å². The molecule has 0 aliphatic rings. The van der Waals surface area contributed by atoms with Crippen molar-refractivity contribution in [2.45, 2.75) is 20.4 Å². The van der Waals surface area contributed by atoms with Crippen LogP contribution in [0.4, 0.5) is 5.95 Å². The van der Waals surface area contributed by atoms with Gasteiger partial charge in [0.15, 0.2) is 0 Å². The number of methoxy groups -OCH3 is 2. The topological polar surface area (TPSA) is 85.7 Å². The zero-order chi connectivity index (χ0) is 25.7. The number of aromatic nitrogens is 2. The molecule has 0 aliphatic heterocycles. The van der Waals surface area contributed by atoms with Gasteiger partial charge in [0, 0.05) is 30.8 Å². The molecule has 1 aromatic heterocycles. The van der Waals surface area contributed by atoms with Crippen LogP contribution in [0.15, 0.2) is 71.5 Å². The third kappa shape index (κ3) is 4.88. The summed E-state index contributed by atoms with van der Waals surface area (Å²) >= 11 is 0. The number of ether oxygens (including phenoxy) is 2. The normalized spacial score (nSPS) is 10.8. The van der Waals surface area contributed by atoms with E-state index in [2.05, 4.69) is 5.32 Å². The van der Waals surface area contributed by atoms with Crippen molar-refractivity contribution < 1.29 is 14.3 Å². The van der Waals surface area contributed by atoms with E-state index in [-0.39, 0.29) is 18.0 Å². The summed E-state index contributed by atoms with van der Waals surface area (Å²) in [6.07, 6.45) is 0. The molecular weight excluding hydrogens is 456 g/mol. The largest absolute Gasteiger partial charge is 0.497 e. The first kappa shape index (κ1) is 24.8. The summed E-state index contributed by atoms with van der Waals surface area (Å²) in [6, 6.07) is 19.9. The Hall–Kier alpha value is -4.33. The minimum Gasteiger partial charge on any atom is -0.497 e. The van der Waals surface area contributed by atoms with Crippen molar-refractivity contribution in [3.05, 3.63) is 88.2 Å². The number of carbonyl (C=O) groups is 1. The number of nitrogens with zero attached hydrogens (tertiary/aromatic N) is 3. The average Bonchev–Trinajstić information content (AvgIpc) is 2.92. The number of hydrogen-bond donors (Lipinski definition) is 1. The third-order valence-electron chi connectivity index (χ3n) is 6.10. The Morgan fingerprint density at radius 3 is 2.39 bits per heavy atom. The maximum atomic E-state index is 13.6. The first-order valence-electron chi connectivity index (χ1n) is 11.9. The Morgan fingerprint density at radius 2 is 1.72 bits per heavy atom. The number of hydrogen-bond acceptors (Lipinski definition) is 6. The molecule has 0 saturated carbocycles. The van der Waals surface area contributed by atoms with E-state index in [0.29, 0.717) is 47.0 Å². The fourth-order valence-electron chi connectivity index (χ4n) is 4.14. The highest BCUT2D eigenvalue weighted by atomic mass is 16.5. The van der Waals surface area contributed by atoms with Crippen LogP contribution in [0.2, 0.25) is 0 Å². The molecule has 4 rings (SSSR count). The average molecular weight is 487 g/mol. The fourth-order valence-corrected chi connectivity index (χ4v) is 4.14. The van der Waals surface area contributed by atoms with Crippen molar-refractivity contribution in [3.63, 3.8) is 0 Å². The standard InChI is InChI=1S/C28H30N4O4/c1-5-31(6-2)28-30-24-17-19(12-14-23(24)27(34)32(28)21-10-8-7-9-11-21)26(33)29-18-20-16-22(35-3)13-15-25(20)36-4/h7-17H,5-6,18H2,1-4H3,(H,29,33). The molecule has 186 valence electrons. The molecule has 3 aromatic carbocycles. The predicted octanol–water partition coefficient (Wildman–Crippen LogP) is 4.18. The lowest BCUT2D eigenvalue weighted by molar-refractivity contribution is 0.0950. The van der Waals surface area contributed by atoms with Gasteiger partial charge < -0.3 is 19.7 Å². The van der Waals surface area contributed by atoms with Gasteiger partial charge in [0.05, 0.1) is 30.8 Å². The van der Waals surface area contributed by atoms with Crippen molar-refractivity contribution in [1.82, 2.24) is 14.9 Å². The van der Waals surface area contributed by atoms with Crippen molar-refractivity contribution in [3.8, 4) is 17.2 Å². The number of carbonyl (C=O) groups excluding carboxylic acids is 1. The highest BCUT2D eigenvalue weighted by Gasteiger charge is 2.18. The van der Waals surface area contributed by atoms with Gasteiger partial charge in [-0.3, -0.25) is 9.59 Å². The molecule has 1 amide bonds. The molecule has 4 aromatic rings. The second kappa shape index (κ2) is 10.9. The summed E-state index contributed by atoms with van der Waals surface area (Å²) in [4.78, 5) is 33.5. The Kier molecular flexibility index (Phi) is 7.53. The van der Waals surface area contributed by atoms with E-state index in [1.54, 1.807) is 49.1 Å². The number of fused-ring (bicyclic) bond motifs is 1. The van der Waals surface area contributed by atoms with Crippen molar-refractivity contribution in [2.24, 2.45) is 0 Å². The minimum atomic E-state index is -0.278. The van der Waals surface area contributed by atoms with Crippen LogP contribution in [-0.4, -0.2) is 42.8 Å². The Bertz CT molecular complexity index is 1430. The molecule has 0 radical (unpaired) electrons. The molecule has 0 aliphatic carbocycles. The first-order valence-corrected chi connectivity index (χ1v) is 11.9. The van der Waals surface area contributed by atoms with Crippen molar-refractivity contribution >= 4 is 22.8 Å². The molecule has 0 spiro atoms. The first-order chi connectivity index (χ1) is 17.5. The second-order valence-corrected chi connectivity index (χ2v) is 8.15. The lowest BCUT2D eigenvalue weighted by atomic mass is 10.1. The van der Waals surface area contributed by atoms with E-state index < -0.39 is 0 Å². The van der Waals surface area contributed by atoms with Crippen LogP contribution in [0.5, 0.6) is 11.5 Å². The molecular formula is C28H30N4O4. The second-order valence-electron chi connectivity index (χ2n) is 8.15. The van der Waals surface area contributed by atoms with Gasteiger partial charge in [0.2, 0.25) is 5.95 Å². The molecule has 0 atom stereocenters. The zero-order valence-electron chi connectivity index (χ0n) is 20.9. The summed E-state index contributed by atoms with van der Waals surface area (Å²) in [5.74, 6) is 1.60. The van der Waals surface area contributed by atoms with Gasteiger partial charge in [-0.15, -0.1) is 0 Å². The molecule has 36 heavy (non-hydrogen) atoms. The fraction of sp³-hybridized carbons (Fsp3) is 0.250. The molecule has 0 fully saturated rings. The quantitative estimate of drug-likeness (QED) is 0.382. The van der Waals surface area contributed by atoms with Crippen LogP contribution in [0.25, 0.3) is 16.6 Å². The maximum Gasteiger partial charge on any atom is 0.267 e. The number of para-hydroxylation sites is 1. The molecule has 0 unspecified atom stereocenters. The molecule has 1 N–H and O–H groups in total. The number of rotatable bonds is 9. The third-order valence-corrected chi connectivity index (χ3v) is 6.10. The van der Waals surface area contributed by atoms with Gasteiger partial charge in [-0.1, -0.05) is 18.2 Å². The van der Waals surface area contributed by atoms with Gasteiger partial charge >= 0.3 is 0 Å². The molecule has 8 heteroatoms. The Balaban J connectivity index is 1.71. The van der Waals surface area contributed by atoms with Crippen LogP contribution >= 0.6 is 0 Å². The van der Waals surface area contributed by atoms with E-state index >= 15 is 0 Å². The van der Waals surface area contributed by atoms with Crippen LogP contribution in [-0.2, 0) is 6.54 Å². The summed E-state index contributed by atoms with van der Waals surface area (Å²) < 4.78 is 12.3. The van der Waals surface area contributed by atoms with Gasteiger partial charge in [0.25, 0.3) is 11.5 Å². The van der Waals surface area contributed by atoms with Crippen LogP contribution < -0.4 is 25.2 Å². The minimum absolute atomic E-state index is 0.179. The SMILES string of the molecule is CCN(CC)c1nc2cc(C(=O)NCc3cc(OC)ccc3OC)ccc2c(=O)n1-c1ccccc1. The van der Waals surface area contributed by atoms with E-state index in [0.717, 1.165) is 11.3 Å². The van der Waals surface area contributed by atoms with Gasteiger partial charge in [-0.05, 0) is 62.4 Å². The number of benzene rings is 3. The summed E-state index contributed by atoms with van der Waals surface area (Å²) in [6.45, 7) is 5.66. The highest BCUT2D eigenvalue weighted by molar-refractivity contribution is 5.97. The predicted molar refractivity (Wildman–Crippen MR) is 142 cm³/mol. The highest BCUT2D eigenvalue weighted by Crippen LogP contribution is 2.24. The number of anilines is 1. The summed E-state index contributed by atoms with van der Waals surface area (Å²) in [5.41, 5.74) is 2.24. The van der Waals surface area contributed by atoms with Crippen LogP contribution in [0, 0.1) is 0 Å². The van der Waals surface area contributed by atoms with Gasteiger partial charge in [-0.2, -0.15) is 0 Å². The lowest BCUT2D eigenvalue weighted by Gasteiger charge is -2.24. The monoisotopic (exact) mass is 486 g/mol. The Labute approximate surface area is 210 Å². The summed E-state index contributed by atoms with van der Waals surface area (Å²) in [5, 5.41) is 3.37. The van der Waals surface area contributed by atoms with Crippen molar-refractivity contribution in [1.29, 1.82) is 0 Å². The van der Waals surface area contributed by atoms with Crippen LogP contribution in [0.1, 0.15) is 29.8 Å². The maximum absolute atomic E-state index is 13.6. The van der Waals surface area contributed by atoms with E-state index in [1.165, 1.54) is 0 Å². The van der Waals surface area contributed by atoms with Crippen LogP contribution in [0.3, 0.4) is 0 Å². The summed E-state index contributed by atoms with van der Waals surface area (Å²) in [7, 11) is 3.17. The number of nitrogens with one attached hydrogen (secondary N) is 1. The van der Waals surface area contributed by atoms with E-state index in [4.69, 9.17) is 14.5 Å². The lowest BCUT2D eigenvalue weighted by Crippen LogP contribution is -2.32. The van der Waals surface area contributed by atoms with Gasteiger partial charge in [0.1, 0.15) is 11.5 Å². The van der Waals surface area contributed by atoms with E-state index in [1.807, 2.05) is 55.1 Å². The van der Waals surface area contributed by atoms with Crippen molar-refractivity contribution in [2.75, 3.05) is 32.2 Å². The Morgan fingerprint density at radius 1 is 0.972 bits per heavy atom. The van der Waals surface area contributed by atoms with Gasteiger partial charge in [-0.25, -0.2) is 9.55 Å². The smallest absolute Gasteiger partial charge is 0.267 e. The molecule has 0 saturated heterocycles. The molecule has 0 bridgehead atoms.